The molecule has 1 N–H and O–H groups in total. The topological polar surface area (TPSA) is 73.3 Å². The van der Waals surface area contributed by atoms with Crippen LogP contribution in [0.3, 0.4) is 0 Å². The minimum absolute atomic E-state index is 0.215. The van der Waals surface area contributed by atoms with Crippen molar-refractivity contribution in [2.24, 2.45) is 5.92 Å². The Morgan fingerprint density at radius 1 is 1.56 bits per heavy atom. The fourth-order valence-corrected chi connectivity index (χ4v) is 1.86. The number of ether oxygens (including phenoxy) is 2. The van der Waals surface area contributed by atoms with Gasteiger partial charge in [-0.1, -0.05) is 0 Å². The predicted octanol–water partition coefficient (Wildman–Crippen LogP) is 1.10. The van der Waals surface area contributed by atoms with E-state index in [0.717, 1.165) is 32.6 Å². The third-order valence-corrected chi connectivity index (χ3v) is 2.94. The molecule has 0 amide bonds. The molecule has 1 aliphatic heterocycles. The van der Waals surface area contributed by atoms with Crippen molar-refractivity contribution in [1.82, 2.24) is 10.2 Å². The van der Waals surface area contributed by atoms with Crippen molar-refractivity contribution in [2.75, 3.05) is 32.2 Å². The van der Waals surface area contributed by atoms with Crippen molar-refractivity contribution in [3.63, 3.8) is 0 Å². The van der Waals surface area contributed by atoms with Crippen LogP contribution in [0, 0.1) is 5.92 Å². The average molecular weight is 251 g/mol. The molecule has 1 atom stereocenters. The highest BCUT2D eigenvalue weighted by atomic mass is 16.5. The molecule has 2 rings (SSSR count). The van der Waals surface area contributed by atoms with Crippen LogP contribution in [0.4, 0.5) is 5.82 Å². The van der Waals surface area contributed by atoms with E-state index in [1.165, 1.54) is 7.11 Å². The summed E-state index contributed by atoms with van der Waals surface area (Å²) in [5.74, 6) is 0.832. The predicted molar refractivity (Wildman–Crippen MR) is 65.4 cm³/mol. The van der Waals surface area contributed by atoms with Gasteiger partial charge in [0.25, 0.3) is 0 Å². The van der Waals surface area contributed by atoms with Crippen LogP contribution in [0.5, 0.6) is 0 Å². The van der Waals surface area contributed by atoms with Gasteiger partial charge in [-0.05, 0) is 30.9 Å². The minimum atomic E-state index is -0.475. The lowest BCUT2D eigenvalue weighted by Crippen LogP contribution is -2.11. The molecule has 1 fully saturated rings. The Hall–Kier alpha value is -1.69. The van der Waals surface area contributed by atoms with Gasteiger partial charge in [0.15, 0.2) is 5.69 Å². The van der Waals surface area contributed by atoms with Gasteiger partial charge in [0.2, 0.25) is 0 Å². The van der Waals surface area contributed by atoms with E-state index in [9.17, 15) is 4.79 Å². The number of methoxy groups -OCH3 is 1. The fraction of sp³-hybridized carbons (Fsp3) is 0.583. The SMILES string of the molecule is COC(=O)c1ccc(NCCC2CCOC2)nn1. The molecule has 1 aliphatic rings. The van der Waals surface area contributed by atoms with Gasteiger partial charge in [-0.2, -0.15) is 0 Å². The number of aromatic nitrogens is 2. The number of carbonyl (C=O) groups excluding carboxylic acids is 1. The molecule has 98 valence electrons. The van der Waals surface area contributed by atoms with E-state index in [-0.39, 0.29) is 5.69 Å². The number of nitrogens with one attached hydrogen (secondary N) is 1. The number of carbonyl (C=O) groups is 1. The summed E-state index contributed by atoms with van der Waals surface area (Å²) in [6, 6.07) is 3.32. The van der Waals surface area contributed by atoms with E-state index in [4.69, 9.17) is 4.74 Å². The van der Waals surface area contributed by atoms with Crippen LogP contribution in [0.15, 0.2) is 12.1 Å². The average Bonchev–Trinajstić information content (AvgIpc) is 2.92. The van der Waals surface area contributed by atoms with E-state index < -0.39 is 5.97 Å². The van der Waals surface area contributed by atoms with Crippen LogP contribution in [0.25, 0.3) is 0 Å². The number of hydrogen-bond acceptors (Lipinski definition) is 6. The number of hydrogen-bond donors (Lipinski definition) is 1. The van der Waals surface area contributed by atoms with Crippen LogP contribution in [0.1, 0.15) is 23.3 Å². The number of nitrogens with zero attached hydrogens (tertiary/aromatic N) is 2. The Labute approximate surface area is 106 Å². The van der Waals surface area contributed by atoms with Crippen LogP contribution in [0.2, 0.25) is 0 Å². The molecule has 0 saturated carbocycles. The summed E-state index contributed by atoms with van der Waals surface area (Å²) in [5.41, 5.74) is 0.215. The van der Waals surface area contributed by atoms with E-state index in [1.54, 1.807) is 12.1 Å². The monoisotopic (exact) mass is 251 g/mol. The molecular formula is C12H17N3O3. The van der Waals surface area contributed by atoms with Gasteiger partial charge < -0.3 is 14.8 Å². The van der Waals surface area contributed by atoms with Crippen LogP contribution in [-0.2, 0) is 9.47 Å². The first-order valence-electron chi connectivity index (χ1n) is 6.03. The van der Waals surface area contributed by atoms with Crippen molar-refractivity contribution in [1.29, 1.82) is 0 Å². The summed E-state index contributed by atoms with van der Waals surface area (Å²) in [7, 11) is 1.32. The van der Waals surface area contributed by atoms with Crippen LogP contribution in [-0.4, -0.2) is 43.0 Å². The minimum Gasteiger partial charge on any atom is -0.464 e. The maximum atomic E-state index is 11.2. The van der Waals surface area contributed by atoms with Gasteiger partial charge in [-0.3, -0.25) is 0 Å². The Kier molecular flexibility index (Phi) is 4.46. The zero-order chi connectivity index (χ0) is 12.8. The van der Waals surface area contributed by atoms with Gasteiger partial charge in [-0.25, -0.2) is 4.79 Å². The summed E-state index contributed by atoms with van der Waals surface area (Å²) < 4.78 is 9.86. The molecule has 0 bridgehead atoms. The van der Waals surface area contributed by atoms with E-state index in [0.29, 0.717) is 11.7 Å². The number of rotatable bonds is 5. The van der Waals surface area contributed by atoms with Crippen molar-refractivity contribution in [3.05, 3.63) is 17.8 Å². The van der Waals surface area contributed by atoms with Crippen molar-refractivity contribution in [2.45, 2.75) is 12.8 Å². The molecule has 0 spiro atoms. The smallest absolute Gasteiger partial charge is 0.358 e. The summed E-state index contributed by atoms with van der Waals surface area (Å²) in [5, 5.41) is 10.9. The molecule has 1 aromatic heterocycles. The third-order valence-electron chi connectivity index (χ3n) is 2.94. The quantitative estimate of drug-likeness (QED) is 0.790. The van der Waals surface area contributed by atoms with Crippen molar-refractivity contribution < 1.29 is 14.3 Å². The van der Waals surface area contributed by atoms with E-state index in [2.05, 4.69) is 20.3 Å². The van der Waals surface area contributed by atoms with E-state index >= 15 is 0 Å². The Morgan fingerprint density at radius 3 is 3.06 bits per heavy atom. The van der Waals surface area contributed by atoms with Crippen molar-refractivity contribution >= 4 is 11.8 Å². The maximum Gasteiger partial charge on any atom is 0.358 e. The summed E-state index contributed by atoms with van der Waals surface area (Å²) in [4.78, 5) is 11.2. The number of esters is 1. The van der Waals surface area contributed by atoms with Crippen molar-refractivity contribution in [3.8, 4) is 0 Å². The molecule has 1 aromatic rings. The molecule has 6 heteroatoms. The Morgan fingerprint density at radius 2 is 2.44 bits per heavy atom. The second-order valence-corrected chi connectivity index (χ2v) is 4.24. The standard InChI is InChI=1S/C12H17N3O3/c1-17-12(16)10-2-3-11(15-14-10)13-6-4-9-5-7-18-8-9/h2-3,9H,4-8H2,1H3,(H,13,15). The summed E-state index contributed by atoms with van der Waals surface area (Å²) in [6.07, 6.45) is 2.19. The molecular weight excluding hydrogens is 234 g/mol. The molecule has 18 heavy (non-hydrogen) atoms. The first-order valence-corrected chi connectivity index (χ1v) is 6.03. The number of anilines is 1. The zero-order valence-corrected chi connectivity index (χ0v) is 10.4. The molecule has 1 saturated heterocycles. The molecule has 6 nitrogen and oxygen atoms in total. The highest BCUT2D eigenvalue weighted by Gasteiger charge is 2.14. The lowest BCUT2D eigenvalue weighted by atomic mass is 10.1. The summed E-state index contributed by atoms with van der Waals surface area (Å²) >= 11 is 0. The first-order chi connectivity index (χ1) is 8.79. The molecule has 2 heterocycles. The summed E-state index contributed by atoms with van der Waals surface area (Å²) in [6.45, 7) is 2.56. The van der Waals surface area contributed by atoms with Crippen LogP contribution >= 0.6 is 0 Å². The largest absolute Gasteiger partial charge is 0.464 e. The maximum absolute atomic E-state index is 11.2. The molecule has 0 radical (unpaired) electrons. The van der Waals surface area contributed by atoms with Gasteiger partial charge in [0.05, 0.1) is 7.11 Å². The fourth-order valence-electron chi connectivity index (χ4n) is 1.86. The molecule has 0 aromatic carbocycles. The molecule has 1 unspecified atom stereocenters. The lowest BCUT2D eigenvalue weighted by Gasteiger charge is -2.08. The Bertz CT molecular complexity index is 388. The van der Waals surface area contributed by atoms with Gasteiger partial charge >= 0.3 is 5.97 Å². The van der Waals surface area contributed by atoms with E-state index in [1.807, 2.05) is 0 Å². The van der Waals surface area contributed by atoms with Gasteiger partial charge in [0.1, 0.15) is 5.82 Å². The lowest BCUT2D eigenvalue weighted by molar-refractivity contribution is 0.0593. The van der Waals surface area contributed by atoms with Gasteiger partial charge in [-0.15, -0.1) is 10.2 Å². The van der Waals surface area contributed by atoms with Gasteiger partial charge in [0, 0.05) is 19.8 Å². The molecule has 0 aliphatic carbocycles. The third kappa shape index (κ3) is 3.40. The first kappa shape index (κ1) is 12.8. The Balaban J connectivity index is 1.77. The second-order valence-electron chi connectivity index (χ2n) is 4.24. The highest BCUT2D eigenvalue weighted by Crippen LogP contribution is 2.16. The van der Waals surface area contributed by atoms with Crippen LogP contribution < -0.4 is 5.32 Å². The normalized spacial score (nSPS) is 18.6. The second kappa shape index (κ2) is 6.30. The zero-order valence-electron chi connectivity index (χ0n) is 10.4. The highest BCUT2D eigenvalue weighted by molar-refractivity contribution is 5.86.